The van der Waals surface area contributed by atoms with Crippen LogP contribution in [0.25, 0.3) is 0 Å². The topological polar surface area (TPSA) is 46.2 Å². The van der Waals surface area contributed by atoms with Crippen LogP contribution in [0.3, 0.4) is 0 Å². The van der Waals surface area contributed by atoms with Crippen LogP contribution in [-0.4, -0.2) is 28.2 Å². The molecule has 7 heteroatoms. The van der Waals surface area contributed by atoms with Gasteiger partial charge in [-0.25, -0.2) is 0 Å². The lowest BCUT2D eigenvalue weighted by molar-refractivity contribution is -0.137. The minimum absolute atomic E-state index is 0.193. The summed E-state index contributed by atoms with van der Waals surface area (Å²) in [4.78, 5) is 12.3. The monoisotopic (exact) mass is 333 g/mol. The molecule has 0 bridgehead atoms. The molecule has 1 aromatic carbocycles. The summed E-state index contributed by atoms with van der Waals surface area (Å²) in [5.74, 6) is -0.288. The number of hydrogen-bond donors (Lipinski definition) is 1. The first-order valence-corrected chi connectivity index (χ1v) is 8.57. The molecule has 2 atom stereocenters. The van der Waals surface area contributed by atoms with Gasteiger partial charge in [0.05, 0.1) is 11.0 Å². The van der Waals surface area contributed by atoms with Crippen LogP contribution < -0.4 is 5.32 Å². The summed E-state index contributed by atoms with van der Waals surface area (Å²) in [6, 6.07) is 4.94. The third kappa shape index (κ3) is 3.51. The molecule has 0 heterocycles. The normalized spacial score (nSPS) is 19.3. The number of benzene rings is 1. The third-order valence-electron chi connectivity index (χ3n) is 4.04. The van der Waals surface area contributed by atoms with Gasteiger partial charge in [0.15, 0.2) is 0 Å². The maximum atomic E-state index is 12.8. The summed E-state index contributed by atoms with van der Waals surface area (Å²) < 4.78 is 49.6. The molecule has 1 saturated carbocycles. The lowest BCUT2D eigenvalue weighted by atomic mass is 9.93. The van der Waals surface area contributed by atoms with Gasteiger partial charge < -0.3 is 5.32 Å². The molecule has 0 spiro atoms. The summed E-state index contributed by atoms with van der Waals surface area (Å²) >= 11 is 0. The average Bonchev–Trinajstić information content (AvgIpc) is 3.25. The van der Waals surface area contributed by atoms with Crippen LogP contribution in [0.2, 0.25) is 0 Å². The summed E-state index contributed by atoms with van der Waals surface area (Å²) in [5, 5.41) is 2.52. The molecule has 0 unspecified atom stereocenters. The summed E-state index contributed by atoms with van der Waals surface area (Å²) in [5.41, 5.74) is -1.21. The quantitative estimate of drug-likeness (QED) is 0.900. The number of halogens is 3. The predicted molar refractivity (Wildman–Crippen MR) is 78.9 cm³/mol. The molecule has 1 aromatic rings. The maximum Gasteiger partial charge on any atom is 0.416 e. The fourth-order valence-corrected chi connectivity index (χ4v) is 2.61. The Hall–Kier alpha value is -1.37. The van der Waals surface area contributed by atoms with E-state index in [0.717, 1.165) is 12.1 Å². The van der Waals surface area contributed by atoms with Crippen LogP contribution in [0, 0.1) is 0 Å². The van der Waals surface area contributed by atoms with Crippen molar-refractivity contribution >= 4 is 16.7 Å². The van der Waals surface area contributed by atoms with Crippen molar-refractivity contribution < 1.29 is 22.2 Å². The van der Waals surface area contributed by atoms with Gasteiger partial charge in [0, 0.05) is 28.9 Å². The van der Waals surface area contributed by atoms with Crippen molar-refractivity contribution in [3.05, 3.63) is 35.4 Å². The average molecular weight is 333 g/mol. The van der Waals surface area contributed by atoms with E-state index in [9.17, 15) is 22.2 Å². The molecule has 0 saturated heterocycles. The second-order valence-corrected chi connectivity index (χ2v) is 7.48. The van der Waals surface area contributed by atoms with Crippen LogP contribution in [0.5, 0.6) is 0 Å². The zero-order valence-corrected chi connectivity index (χ0v) is 13.2. The SMILES string of the molecule is C[C@H](CNC(=O)C1(c2cccc(C(F)(F)F)c2)CC1)[S@@](C)=O. The molecule has 1 aliphatic carbocycles. The van der Waals surface area contributed by atoms with E-state index in [1.165, 1.54) is 6.07 Å². The number of rotatable bonds is 5. The van der Waals surface area contributed by atoms with Crippen molar-refractivity contribution in [3.63, 3.8) is 0 Å². The Morgan fingerprint density at radius 1 is 1.41 bits per heavy atom. The number of amides is 1. The van der Waals surface area contributed by atoms with E-state index in [-0.39, 0.29) is 17.7 Å². The van der Waals surface area contributed by atoms with Gasteiger partial charge in [0.1, 0.15) is 0 Å². The van der Waals surface area contributed by atoms with Gasteiger partial charge >= 0.3 is 6.18 Å². The first-order valence-electron chi connectivity index (χ1n) is 6.95. The summed E-state index contributed by atoms with van der Waals surface area (Å²) in [6.45, 7) is 2.00. The zero-order valence-electron chi connectivity index (χ0n) is 12.4. The Bertz CT molecular complexity index is 597. The van der Waals surface area contributed by atoms with Gasteiger partial charge in [0.25, 0.3) is 0 Å². The minimum Gasteiger partial charge on any atom is -0.354 e. The third-order valence-corrected chi connectivity index (χ3v) is 5.34. The highest BCUT2D eigenvalue weighted by molar-refractivity contribution is 7.84. The van der Waals surface area contributed by atoms with Crippen LogP contribution in [0.4, 0.5) is 13.2 Å². The number of nitrogens with one attached hydrogen (secondary N) is 1. The van der Waals surface area contributed by atoms with E-state index < -0.39 is 28.0 Å². The van der Waals surface area contributed by atoms with Gasteiger partial charge in [-0.3, -0.25) is 9.00 Å². The molecule has 122 valence electrons. The Labute approximate surface area is 129 Å². The minimum atomic E-state index is -4.42. The fraction of sp³-hybridized carbons (Fsp3) is 0.533. The molecule has 1 N–H and O–H groups in total. The molecule has 1 aliphatic rings. The van der Waals surface area contributed by atoms with E-state index in [4.69, 9.17) is 0 Å². The van der Waals surface area contributed by atoms with E-state index in [1.807, 2.05) is 0 Å². The standard InChI is InChI=1S/C15H18F3NO2S/c1-10(22(2)21)9-19-13(20)14(6-7-14)11-4-3-5-12(8-11)15(16,17)18/h3-5,8,10H,6-7,9H2,1-2H3,(H,19,20)/t10-,22-/m1/s1. The van der Waals surface area contributed by atoms with E-state index in [1.54, 1.807) is 19.2 Å². The second-order valence-electron chi connectivity index (χ2n) is 5.68. The highest BCUT2D eigenvalue weighted by Gasteiger charge is 2.51. The predicted octanol–water partition coefficient (Wildman–Crippen LogP) is 2.62. The maximum absolute atomic E-state index is 12.8. The Morgan fingerprint density at radius 3 is 2.55 bits per heavy atom. The van der Waals surface area contributed by atoms with Gasteiger partial charge in [0.2, 0.25) is 5.91 Å². The lowest BCUT2D eigenvalue weighted by Crippen LogP contribution is -2.39. The van der Waals surface area contributed by atoms with Crippen molar-refractivity contribution in [1.29, 1.82) is 0 Å². The van der Waals surface area contributed by atoms with Crippen molar-refractivity contribution in [1.82, 2.24) is 5.32 Å². The van der Waals surface area contributed by atoms with Gasteiger partial charge in [-0.15, -0.1) is 0 Å². The van der Waals surface area contributed by atoms with Crippen LogP contribution in [0.15, 0.2) is 24.3 Å². The molecule has 1 amide bonds. The Balaban J connectivity index is 2.14. The number of alkyl halides is 3. The Morgan fingerprint density at radius 2 is 2.05 bits per heavy atom. The van der Waals surface area contributed by atoms with Crippen molar-refractivity contribution in [2.75, 3.05) is 12.8 Å². The fourth-order valence-electron chi connectivity index (χ4n) is 2.29. The van der Waals surface area contributed by atoms with Gasteiger partial charge in [-0.1, -0.05) is 18.2 Å². The molecule has 1 fully saturated rings. The molecule has 0 aliphatic heterocycles. The van der Waals surface area contributed by atoms with Gasteiger partial charge in [-0.2, -0.15) is 13.2 Å². The largest absolute Gasteiger partial charge is 0.416 e. The second kappa shape index (κ2) is 6.02. The summed E-state index contributed by atoms with van der Waals surface area (Å²) in [6.07, 6.45) is -1.81. The lowest BCUT2D eigenvalue weighted by Gasteiger charge is -2.18. The molecule has 0 aromatic heterocycles. The van der Waals surface area contributed by atoms with Crippen LogP contribution in [-0.2, 0) is 27.2 Å². The smallest absolute Gasteiger partial charge is 0.354 e. The molecule has 3 nitrogen and oxygen atoms in total. The number of carbonyl (C=O) groups is 1. The number of carbonyl (C=O) groups excluding carboxylic acids is 1. The van der Waals surface area contributed by atoms with E-state index in [2.05, 4.69) is 5.32 Å². The first kappa shape index (κ1) is 17.0. The van der Waals surface area contributed by atoms with E-state index >= 15 is 0 Å². The van der Waals surface area contributed by atoms with Crippen molar-refractivity contribution in [2.24, 2.45) is 0 Å². The van der Waals surface area contributed by atoms with E-state index in [0.29, 0.717) is 18.4 Å². The van der Waals surface area contributed by atoms with Gasteiger partial charge in [-0.05, 0) is 31.4 Å². The summed E-state index contributed by atoms with van der Waals surface area (Å²) in [7, 11) is -1.06. The molecular formula is C15H18F3NO2S. The Kier molecular flexibility index (Phi) is 4.65. The highest BCUT2D eigenvalue weighted by atomic mass is 32.2. The molecular weight excluding hydrogens is 315 g/mol. The van der Waals surface area contributed by atoms with Crippen molar-refractivity contribution in [2.45, 2.75) is 36.6 Å². The zero-order chi connectivity index (χ0) is 16.5. The van der Waals surface area contributed by atoms with Crippen LogP contribution >= 0.6 is 0 Å². The first-order chi connectivity index (χ1) is 10.2. The van der Waals surface area contributed by atoms with Crippen molar-refractivity contribution in [3.8, 4) is 0 Å². The highest BCUT2D eigenvalue weighted by Crippen LogP contribution is 2.49. The van der Waals surface area contributed by atoms with Crippen LogP contribution in [0.1, 0.15) is 30.9 Å². The molecule has 2 rings (SSSR count). The molecule has 0 radical (unpaired) electrons. The molecule has 22 heavy (non-hydrogen) atoms. The number of hydrogen-bond acceptors (Lipinski definition) is 2.